The van der Waals surface area contributed by atoms with Crippen LogP contribution in [0.25, 0.3) is 0 Å². The molecule has 0 bridgehead atoms. The Bertz CT molecular complexity index is 246. The minimum Gasteiger partial charge on any atom is -0.345 e. The van der Waals surface area contributed by atoms with E-state index in [0.717, 1.165) is 32.2 Å². The summed E-state index contributed by atoms with van der Waals surface area (Å²) in [5.41, 5.74) is -0.0122. The molecule has 1 atom stereocenters. The van der Waals surface area contributed by atoms with Crippen LogP contribution in [0.3, 0.4) is 0 Å². The van der Waals surface area contributed by atoms with Crippen LogP contribution in [0.4, 0.5) is 0 Å². The molecule has 1 fully saturated rings. The fourth-order valence-corrected chi connectivity index (χ4v) is 2.58. The summed E-state index contributed by atoms with van der Waals surface area (Å²) in [5, 5.41) is 0. The SMILES string of the molecule is CN1CCCC2(CC=CCC2)C1=O. The Morgan fingerprint density at radius 2 is 2.23 bits per heavy atom. The molecule has 0 aromatic carbocycles. The number of amides is 1. The number of carbonyl (C=O) groups excluding carboxylic acids is 1. The average molecular weight is 179 g/mol. The Hall–Kier alpha value is -0.790. The van der Waals surface area contributed by atoms with Gasteiger partial charge in [0.2, 0.25) is 5.91 Å². The Morgan fingerprint density at radius 3 is 2.92 bits per heavy atom. The molecule has 0 saturated carbocycles. The third kappa shape index (κ3) is 1.38. The first-order chi connectivity index (χ1) is 6.25. The molecule has 1 saturated heterocycles. The van der Waals surface area contributed by atoms with Crippen molar-refractivity contribution in [2.75, 3.05) is 13.6 Å². The van der Waals surface area contributed by atoms with Crippen LogP contribution in [0.5, 0.6) is 0 Å². The molecule has 0 N–H and O–H groups in total. The van der Waals surface area contributed by atoms with Crippen molar-refractivity contribution in [2.45, 2.75) is 32.1 Å². The fraction of sp³-hybridized carbons (Fsp3) is 0.727. The van der Waals surface area contributed by atoms with Gasteiger partial charge < -0.3 is 4.90 Å². The van der Waals surface area contributed by atoms with Crippen LogP contribution in [0.2, 0.25) is 0 Å². The maximum absolute atomic E-state index is 12.0. The molecule has 1 amide bonds. The zero-order valence-corrected chi connectivity index (χ0v) is 8.25. The molecular weight excluding hydrogens is 162 g/mol. The minimum absolute atomic E-state index is 0.0122. The number of nitrogens with zero attached hydrogens (tertiary/aromatic N) is 1. The highest BCUT2D eigenvalue weighted by Crippen LogP contribution is 2.41. The first-order valence-corrected chi connectivity index (χ1v) is 5.15. The van der Waals surface area contributed by atoms with E-state index in [2.05, 4.69) is 12.2 Å². The van der Waals surface area contributed by atoms with Gasteiger partial charge >= 0.3 is 0 Å². The van der Waals surface area contributed by atoms with E-state index in [4.69, 9.17) is 0 Å². The lowest BCUT2D eigenvalue weighted by Crippen LogP contribution is -2.47. The van der Waals surface area contributed by atoms with Crippen LogP contribution in [0, 0.1) is 5.41 Å². The Balaban J connectivity index is 2.19. The highest BCUT2D eigenvalue weighted by molar-refractivity contribution is 5.83. The largest absolute Gasteiger partial charge is 0.345 e. The monoisotopic (exact) mass is 179 g/mol. The van der Waals surface area contributed by atoms with E-state index in [0.29, 0.717) is 5.91 Å². The zero-order chi connectivity index (χ0) is 9.31. The van der Waals surface area contributed by atoms with Gasteiger partial charge in [0.15, 0.2) is 0 Å². The second kappa shape index (κ2) is 3.17. The summed E-state index contributed by atoms with van der Waals surface area (Å²) < 4.78 is 0. The molecule has 72 valence electrons. The summed E-state index contributed by atoms with van der Waals surface area (Å²) in [6.45, 7) is 0.949. The van der Waals surface area contributed by atoms with Crippen LogP contribution in [-0.2, 0) is 4.79 Å². The van der Waals surface area contributed by atoms with E-state index in [-0.39, 0.29) is 5.41 Å². The second-order valence-electron chi connectivity index (χ2n) is 4.32. The maximum atomic E-state index is 12.0. The third-order valence-electron chi connectivity index (χ3n) is 3.41. The van der Waals surface area contributed by atoms with Crippen LogP contribution >= 0.6 is 0 Å². The van der Waals surface area contributed by atoms with E-state index in [1.54, 1.807) is 0 Å². The molecule has 1 aliphatic carbocycles. The zero-order valence-electron chi connectivity index (χ0n) is 8.25. The summed E-state index contributed by atoms with van der Waals surface area (Å²) in [6.07, 6.45) is 9.77. The topological polar surface area (TPSA) is 20.3 Å². The molecule has 1 spiro atoms. The normalized spacial score (nSPS) is 34.2. The summed E-state index contributed by atoms with van der Waals surface area (Å²) in [5.74, 6) is 0.378. The third-order valence-corrected chi connectivity index (χ3v) is 3.41. The molecule has 2 nitrogen and oxygen atoms in total. The molecule has 0 radical (unpaired) electrons. The fourth-order valence-electron chi connectivity index (χ4n) is 2.58. The van der Waals surface area contributed by atoms with Crippen LogP contribution in [-0.4, -0.2) is 24.4 Å². The first kappa shape index (κ1) is 8.79. The van der Waals surface area contributed by atoms with Gasteiger partial charge in [0, 0.05) is 13.6 Å². The lowest BCUT2D eigenvalue weighted by molar-refractivity contribution is -0.145. The highest BCUT2D eigenvalue weighted by Gasteiger charge is 2.41. The second-order valence-corrected chi connectivity index (χ2v) is 4.32. The number of hydrogen-bond donors (Lipinski definition) is 0. The summed E-state index contributed by atoms with van der Waals surface area (Å²) in [4.78, 5) is 13.9. The number of rotatable bonds is 0. The predicted octanol–water partition coefficient (Wildman–Crippen LogP) is 1.97. The summed E-state index contributed by atoms with van der Waals surface area (Å²) in [7, 11) is 1.93. The highest BCUT2D eigenvalue weighted by atomic mass is 16.2. The van der Waals surface area contributed by atoms with Crippen molar-refractivity contribution in [1.82, 2.24) is 4.90 Å². The molecule has 1 aliphatic heterocycles. The van der Waals surface area contributed by atoms with Crippen molar-refractivity contribution < 1.29 is 4.79 Å². The lowest BCUT2D eigenvalue weighted by Gasteiger charge is -2.41. The van der Waals surface area contributed by atoms with Gasteiger partial charge in [-0.15, -0.1) is 0 Å². The molecule has 0 aromatic heterocycles. The Labute approximate surface area is 79.6 Å². The van der Waals surface area contributed by atoms with E-state index in [9.17, 15) is 4.79 Å². The van der Waals surface area contributed by atoms with Crippen molar-refractivity contribution in [2.24, 2.45) is 5.41 Å². The van der Waals surface area contributed by atoms with Gasteiger partial charge in [-0.3, -0.25) is 4.79 Å². The van der Waals surface area contributed by atoms with E-state index in [1.807, 2.05) is 11.9 Å². The number of allylic oxidation sites excluding steroid dienone is 2. The first-order valence-electron chi connectivity index (χ1n) is 5.15. The van der Waals surface area contributed by atoms with Crippen molar-refractivity contribution in [3.8, 4) is 0 Å². The smallest absolute Gasteiger partial charge is 0.228 e. The van der Waals surface area contributed by atoms with Gasteiger partial charge in [-0.1, -0.05) is 12.2 Å². The Morgan fingerprint density at radius 1 is 1.38 bits per heavy atom. The molecule has 2 heteroatoms. The van der Waals surface area contributed by atoms with E-state index in [1.165, 1.54) is 6.42 Å². The van der Waals surface area contributed by atoms with Crippen LogP contribution < -0.4 is 0 Å². The lowest BCUT2D eigenvalue weighted by atomic mass is 9.71. The van der Waals surface area contributed by atoms with Gasteiger partial charge in [0.05, 0.1) is 5.41 Å². The molecule has 2 rings (SSSR count). The molecule has 2 aliphatic rings. The van der Waals surface area contributed by atoms with Crippen molar-refractivity contribution in [1.29, 1.82) is 0 Å². The maximum Gasteiger partial charge on any atom is 0.228 e. The minimum atomic E-state index is -0.0122. The average Bonchev–Trinajstić information content (AvgIpc) is 2.16. The molecular formula is C11H17NO. The molecule has 1 heterocycles. The van der Waals surface area contributed by atoms with E-state index < -0.39 is 0 Å². The molecule has 13 heavy (non-hydrogen) atoms. The molecule has 0 aromatic rings. The van der Waals surface area contributed by atoms with Gasteiger partial charge in [0.25, 0.3) is 0 Å². The number of carbonyl (C=O) groups is 1. The van der Waals surface area contributed by atoms with Gasteiger partial charge in [0.1, 0.15) is 0 Å². The summed E-state index contributed by atoms with van der Waals surface area (Å²) in [6, 6.07) is 0. The van der Waals surface area contributed by atoms with E-state index >= 15 is 0 Å². The standard InChI is InChI=1S/C11H17NO/c1-12-9-5-8-11(10(12)13)6-3-2-4-7-11/h2-3H,4-9H2,1H3. The number of likely N-dealkylation sites (tertiary alicyclic amines) is 1. The van der Waals surface area contributed by atoms with Crippen molar-refractivity contribution in [3.05, 3.63) is 12.2 Å². The van der Waals surface area contributed by atoms with Gasteiger partial charge in [-0.25, -0.2) is 0 Å². The van der Waals surface area contributed by atoms with Gasteiger partial charge in [-0.05, 0) is 32.1 Å². The summed E-state index contributed by atoms with van der Waals surface area (Å²) >= 11 is 0. The van der Waals surface area contributed by atoms with Crippen molar-refractivity contribution >= 4 is 5.91 Å². The Kier molecular flexibility index (Phi) is 2.14. The quantitative estimate of drug-likeness (QED) is 0.521. The van der Waals surface area contributed by atoms with Crippen molar-refractivity contribution in [3.63, 3.8) is 0 Å². The van der Waals surface area contributed by atoms with Crippen LogP contribution in [0.1, 0.15) is 32.1 Å². The van der Waals surface area contributed by atoms with Gasteiger partial charge in [-0.2, -0.15) is 0 Å². The molecule has 1 unspecified atom stereocenters. The van der Waals surface area contributed by atoms with Crippen LogP contribution in [0.15, 0.2) is 12.2 Å². The number of hydrogen-bond acceptors (Lipinski definition) is 1. The predicted molar refractivity (Wildman–Crippen MR) is 52.3 cm³/mol. The number of piperidine rings is 1.